The van der Waals surface area contributed by atoms with Gasteiger partial charge in [0.05, 0.1) is 16.4 Å². The van der Waals surface area contributed by atoms with E-state index in [-0.39, 0.29) is 5.82 Å². The minimum atomic E-state index is -0.417. The zero-order valence-corrected chi connectivity index (χ0v) is 16.7. The zero-order valence-electron chi connectivity index (χ0n) is 15.9. The number of anilines is 1. The number of hydrogen-bond acceptors (Lipinski definition) is 4. The van der Waals surface area contributed by atoms with Crippen molar-refractivity contribution in [2.75, 3.05) is 44.7 Å². The average molecular weight is 394 g/mol. The van der Waals surface area contributed by atoms with Crippen molar-refractivity contribution in [2.45, 2.75) is 20.3 Å². The summed E-state index contributed by atoms with van der Waals surface area (Å²) in [5, 5.41) is 4.49. The van der Waals surface area contributed by atoms with Gasteiger partial charge in [-0.2, -0.15) is 0 Å². The zero-order chi connectivity index (χ0) is 19.4. The van der Waals surface area contributed by atoms with Gasteiger partial charge in [0, 0.05) is 57.1 Å². The molecule has 8 heteroatoms. The highest BCUT2D eigenvalue weighted by atomic mass is 32.1. The summed E-state index contributed by atoms with van der Waals surface area (Å²) < 4.78 is 27.4. The second kappa shape index (κ2) is 8.65. The van der Waals surface area contributed by atoms with E-state index in [0.717, 1.165) is 35.7 Å². The average Bonchev–Trinajstić information content (AvgIpc) is 2.98. The molecule has 5 nitrogen and oxygen atoms in total. The Labute approximate surface area is 162 Å². The fourth-order valence-electron chi connectivity index (χ4n) is 3.31. The van der Waals surface area contributed by atoms with Gasteiger partial charge in [0.25, 0.3) is 0 Å². The standard InChI is InChI=1S/C19H25F2N5S/c1-13-18(27-14(2)24-13)6-7-23-19(22-3)26-10-8-25(9-11-26)17-12-15(20)4-5-16(17)21/h4-5,12H,6-11H2,1-3H3,(H,22,23). The first-order valence-electron chi connectivity index (χ1n) is 9.06. The van der Waals surface area contributed by atoms with Crippen molar-refractivity contribution in [3.05, 3.63) is 45.4 Å². The summed E-state index contributed by atoms with van der Waals surface area (Å²) >= 11 is 1.73. The van der Waals surface area contributed by atoms with E-state index in [1.165, 1.54) is 17.0 Å². The molecule has 3 rings (SSSR count). The highest BCUT2D eigenvalue weighted by molar-refractivity contribution is 7.11. The van der Waals surface area contributed by atoms with Gasteiger partial charge in [-0.15, -0.1) is 11.3 Å². The van der Waals surface area contributed by atoms with Crippen LogP contribution in [-0.2, 0) is 6.42 Å². The molecule has 1 saturated heterocycles. The second-order valence-electron chi connectivity index (χ2n) is 6.54. The molecule has 0 bridgehead atoms. The van der Waals surface area contributed by atoms with Crippen LogP contribution in [0.25, 0.3) is 0 Å². The van der Waals surface area contributed by atoms with Crippen LogP contribution in [0.5, 0.6) is 0 Å². The Kier molecular flexibility index (Phi) is 6.26. The number of guanidine groups is 1. The van der Waals surface area contributed by atoms with Crippen LogP contribution < -0.4 is 10.2 Å². The molecule has 0 radical (unpaired) electrons. The number of rotatable bonds is 4. The van der Waals surface area contributed by atoms with E-state index in [0.29, 0.717) is 31.9 Å². The van der Waals surface area contributed by atoms with Gasteiger partial charge < -0.3 is 15.1 Å². The minimum Gasteiger partial charge on any atom is -0.366 e. The van der Waals surface area contributed by atoms with Gasteiger partial charge in [-0.3, -0.25) is 4.99 Å². The number of benzene rings is 1. The van der Waals surface area contributed by atoms with Gasteiger partial charge in [-0.25, -0.2) is 13.8 Å². The SMILES string of the molecule is CN=C(NCCc1sc(C)nc1C)N1CCN(c2cc(F)ccc2F)CC1. The highest BCUT2D eigenvalue weighted by Crippen LogP contribution is 2.22. The number of nitrogens with one attached hydrogen (secondary N) is 1. The second-order valence-corrected chi connectivity index (χ2v) is 7.82. The summed E-state index contributed by atoms with van der Waals surface area (Å²) in [5.74, 6) is 0.0377. The van der Waals surface area contributed by atoms with Crippen LogP contribution >= 0.6 is 11.3 Å². The van der Waals surface area contributed by atoms with Crippen LogP contribution in [0.15, 0.2) is 23.2 Å². The van der Waals surface area contributed by atoms with E-state index >= 15 is 0 Å². The predicted molar refractivity (Wildman–Crippen MR) is 107 cm³/mol. The molecule has 2 aromatic rings. The van der Waals surface area contributed by atoms with Crippen molar-refractivity contribution in [2.24, 2.45) is 4.99 Å². The predicted octanol–water partition coefficient (Wildman–Crippen LogP) is 2.98. The third kappa shape index (κ3) is 4.74. The van der Waals surface area contributed by atoms with Crippen molar-refractivity contribution >= 4 is 23.0 Å². The Hall–Kier alpha value is -2.22. The molecule has 0 aliphatic carbocycles. The van der Waals surface area contributed by atoms with Crippen LogP contribution in [0, 0.1) is 25.5 Å². The van der Waals surface area contributed by atoms with Crippen molar-refractivity contribution < 1.29 is 8.78 Å². The Balaban J connectivity index is 1.52. The number of hydrogen-bond donors (Lipinski definition) is 1. The van der Waals surface area contributed by atoms with Crippen LogP contribution in [-0.4, -0.2) is 55.6 Å². The first-order valence-corrected chi connectivity index (χ1v) is 9.88. The van der Waals surface area contributed by atoms with Crippen molar-refractivity contribution in [1.82, 2.24) is 15.2 Å². The Morgan fingerprint density at radius 2 is 1.96 bits per heavy atom. The van der Waals surface area contributed by atoms with Gasteiger partial charge in [-0.1, -0.05) is 0 Å². The molecule has 1 N–H and O–H groups in total. The molecular weight excluding hydrogens is 368 g/mol. The molecule has 146 valence electrons. The molecular formula is C19H25F2N5S. The summed E-state index contributed by atoms with van der Waals surface area (Å²) in [5.41, 5.74) is 1.42. The third-order valence-electron chi connectivity index (χ3n) is 4.67. The van der Waals surface area contributed by atoms with Gasteiger partial charge in [0.2, 0.25) is 0 Å². The Bertz CT molecular complexity index is 812. The van der Waals surface area contributed by atoms with Crippen molar-refractivity contribution in [1.29, 1.82) is 0 Å². The molecule has 1 fully saturated rings. The summed E-state index contributed by atoms with van der Waals surface area (Å²) in [6.45, 7) is 7.49. The summed E-state index contributed by atoms with van der Waals surface area (Å²) in [6.07, 6.45) is 0.908. The molecule has 1 aliphatic rings. The summed E-state index contributed by atoms with van der Waals surface area (Å²) in [6, 6.07) is 3.59. The van der Waals surface area contributed by atoms with Crippen LogP contribution in [0.1, 0.15) is 15.6 Å². The normalized spacial score (nSPS) is 15.4. The number of halogens is 2. The molecule has 27 heavy (non-hydrogen) atoms. The maximum absolute atomic E-state index is 14.0. The maximum atomic E-state index is 14.0. The van der Waals surface area contributed by atoms with Crippen LogP contribution in [0.4, 0.5) is 14.5 Å². The summed E-state index contributed by atoms with van der Waals surface area (Å²) in [7, 11) is 1.77. The van der Waals surface area contributed by atoms with E-state index in [1.54, 1.807) is 18.4 Å². The smallest absolute Gasteiger partial charge is 0.193 e. The van der Waals surface area contributed by atoms with Crippen LogP contribution in [0.2, 0.25) is 0 Å². The van der Waals surface area contributed by atoms with Crippen molar-refractivity contribution in [3.63, 3.8) is 0 Å². The molecule has 0 amide bonds. The molecule has 1 aliphatic heterocycles. The molecule has 0 saturated carbocycles. The molecule has 0 atom stereocenters. The summed E-state index contributed by atoms with van der Waals surface area (Å²) in [4.78, 5) is 14.1. The molecule has 0 spiro atoms. The number of aryl methyl sites for hydroxylation is 2. The Morgan fingerprint density at radius 1 is 1.22 bits per heavy atom. The van der Waals surface area contributed by atoms with E-state index < -0.39 is 5.82 Å². The van der Waals surface area contributed by atoms with Gasteiger partial charge in [-0.05, 0) is 26.0 Å². The van der Waals surface area contributed by atoms with Crippen molar-refractivity contribution in [3.8, 4) is 0 Å². The maximum Gasteiger partial charge on any atom is 0.193 e. The fraction of sp³-hybridized carbons (Fsp3) is 0.474. The molecule has 2 heterocycles. The molecule has 1 aromatic heterocycles. The molecule has 1 aromatic carbocycles. The number of aliphatic imine (C=N–C) groups is 1. The molecule has 0 unspecified atom stereocenters. The van der Waals surface area contributed by atoms with E-state index in [2.05, 4.69) is 20.2 Å². The fourth-order valence-corrected chi connectivity index (χ4v) is 4.25. The largest absolute Gasteiger partial charge is 0.366 e. The van der Waals surface area contributed by atoms with Gasteiger partial charge >= 0.3 is 0 Å². The van der Waals surface area contributed by atoms with Gasteiger partial charge in [0.15, 0.2) is 5.96 Å². The lowest BCUT2D eigenvalue weighted by molar-refractivity contribution is 0.371. The number of nitrogens with zero attached hydrogens (tertiary/aromatic N) is 4. The quantitative estimate of drug-likeness (QED) is 0.641. The topological polar surface area (TPSA) is 43.8 Å². The number of thiazole rings is 1. The first kappa shape index (κ1) is 19.5. The Morgan fingerprint density at radius 3 is 2.59 bits per heavy atom. The van der Waals surface area contributed by atoms with Gasteiger partial charge in [0.1, 0.15) is 11.6 Å². The van der Waals surface area contributed by atoms with Crippen LogP contribution in [0.3, 0.4) is 0 Å². The number of piperazine rings is 1. The minimum absolute atomic E-state index is 0.327. The lowest BCUT2D eigenvalue weighted by Crippen LogP contribution is -2.53. The van der Waals surface area contributed by atoms with E-state index in [9.17, 15) is 8.78 Å². The lowest BCUT2D eigenvalue weighted by Gasteiger charge is -2.37. The van der Waals surface area contributed by atoms with E-state index in [1.807, 2.05) is 18.7 Å². The number of aromatic nitrogens is 1. The first-order chi connectivity index (χ1) is 13.0. The lowest BCUT2D eigenvalue weighted by atomic mass is 10.2. The monoisotopic (exact) mass is 393 g/mol. The highest BCUT2D eigenvalue weighted by Gasteiger charge is 2.22. The van der Waals surface area contributed by atoms with E-state index in [4.69, 9.17) is 0 Å². The third-order valence-corrected chi connectivity index (χ3v) is 5.81.